The lowest BCUT2D eigenvalue weighted by molar-refractivity contribution is 0.0934. The zero-order valence-corrected chi connectivity index (χ0v) is 13.8. The number of ether oxygens (including phenoxy) is 1. The average Bonchev–Trinajstić information content (AvgIpc) is 2.56. The highest BCUT2D eigenvalue weighted by molar-refractivity contribution is 5.94. The Morgan fingerprint density at radius 2 is 2.05 bits per heavy atom. The predicted molar refractivity (Wildman–Crippen MR) is 89.4 cm³/mol. The molecule has 1 N–H and O–H groups in total. The lowest BCUT2D eigenvalue weighted by Crippen LogP contribution is -2.43. The lowest BCUT2D eigenvalue weighted by atomic mass is 10.0. The summed E-state index contributed by atoms with van der Waals surface area (Å²) < 4.78 is 5.39. The van der Waals surface area contributed by atoms with Crippen molar-refractivity contribution in [1.82, 2.24) is 10.2 Å². The van der Waals surface area contributed by atoms with E-state index in [0.29, 0.717) is 24.8 Å². The molecule has 1 saturated heterocycles. The van der Waals surface area contributed by atoms with Gasteiger partial charge >= 0.3 is 0 Å². The minimum absolute atomic E-state index is 0.00638. The average molecular weight is 304 g/mol. The molecule has 4 nitrogen and oxygen atoms in total. The molecule has 1 aliphatic rings. The van der Waals surface area contributed by atoms with Gasteiger partial charge in [0.05, 0.1) is 6.61 Å². The monoisotopic (exact) mass is 304 g/mol. The van der Waals surface area contributed by atoms with Crippen molar-refractivity contribution in [3.05, 3.63) is 29.8 Å². The van der Waals surface area contributed by atoms with E-state index in [2.05, 4.69) is 17.1 Å². The number of amides is 1. The van der Waals surface area contributed by atoms with Crippen LogP contribution in [0.3, 0.4) is 0 Å². The van der Waals surface area contributed by atoms with E-state index in [1.807, 2.05) is 31.2 Å². The van der Waals surface area contributed by atoms with Crippen LogP contribution in [-0.2, 0) is 0 Å². The van der Waals surface area contributed by atoms with Gasteiger partial charge in [-0.3, -0.25) is 9.69 Å². The molecule has 1 unspecified atom stereocenters. The molecule has 1 atom stereocenters. The van der Waals surface area contributed by atoms with Gasteiger partial charge in [0.1, 0.15) is 5.75 Å². The Labute approximate surface area is 133 Å². The van der Waals surface area contributed by atoms with Crippen LogP contribution in [0.5, 0.6) is 5.75 Å². The van der Waals surface area contributed by atoms with Gasteiger partial charge in [-0.1, -0.05) is 13.3 Å². The summed E-state index contributed by atoms with van der Waals surface area (Å²) in [6.07, 6.45) is 5.12. The molecule has 0 aromatic heterocycles. The molecule has 0 saturated carbocycles. The first-order valence-electron chi connectivity index (χ1n) is 8.49. The second-order valence-electron chi connectivity index (χ2n) is 5.81. The predicted octanol–water partition coefficient (Wildman–Crippen LogP) is 3.08. The Kier molecular flexibility index (Phi) is 6.72. The third kappa shape index (κ3) is 4.73. The number of carbonyl (C=O) groups excluding carboxylic acids is 1. The Hall–Kier alpha value is -1.55. The first-order valence-corrected chi connectivity index (χ1v) is 8.49. The lowest BCUT2D eigenvalue weighted by Gasteiger charge is -2.35. The molecule has 4 heteroatoms. The third-order valence-electron chi connectivity index (χ3n) is 4.33. The number of nitrogens with one attached hydrogen (secondary N) is 1. The first kappa shape index (κ1) is 16.8. The highest BCUT2D eigenvalue weighted by atomic mass is 16.5. The number of piperidine rings is 1. The molecule has 22 heavy (non-hydrogen) atoms. The topological polar surface area (TPSA) is 41.6 Å². The SMILES string of the molecule is CCOc1ccc(C(=O)NCCN2CCCCC2CC)cc1. The van der Waals surface area contributed by atoms with Crippen molar-refractivity contribution in [1.29, 1.82) is 0 Å². The largest absolute Gasteiger partial charge is 0.494 e. The summed E-state index contributed by atoms with van der Waals surface area (Å²) >= 11 is 0. The second-order valence-corrected chi connectivity index (χ2v) is 5.81. The van der Waals surface area contributed by atoms with E-state index in [4.69, 9.17) is 4.74 Å². The molecule has 1 amide bonds. The van der Waals surface area contributed by atoms with Crippen molar-refractivity contribution in [3.8, 4) is 5.75 Å². The van der Waals surface area contributed by atoms with E-state index < -0.39 is 0 Å². The number of hydrogen-bond donors (Lipinski definition) is 1. The van der Waals surface area contributed by atoms with Crippen LogP contribution in [0, 0.1) is 0 Å². The number of hydrogen-bond acceptors (Lipinski definition) is 3. The van der Waals surface area contributed by atoms with Crippen LogP contribution in [0.15, 0.2) is 24.3 Å². The number of benzene rings is 1. The van der Waals surface area contributed by atoms with Gasteiger partial charge in [-0.25, -0.2) is 0 Å². The molecule has 0 radical (unpaired) electrons. The van der Waals surface area contributed by atoms with E-state index in [1.54, 1.807) is 0 Å². The van der Waals surface area contributed by atoms with Crippen molar-refractivity contribution in [3.63, 3.8) is 0 Å². The Balaban J connectivity index is 1.77. The summed E-state index contributed by atoms with van der Waals surface area (Å²) in [5.41, 5.74) is 0.689. The van der Waals surface area contributed by atoms with E-state index in [0.717, 1.165) is 18.8 Å². The zero-order chi connectivity index (χ0) is 15.8. The van der Waals surface area contributed by atoms with Crippen LogP contribution in [0.1, 0.15) is 49.9 Å². The van der Waals surface area contributed by atoms with Gasteiger partial charge in [0.25, 0.3) is 5.91 Å². The van der Waals surface area contributed by atoms with Gasteiger partial charge in [0.2, 0.25) is 0 Å². The number of likely N-dealkylation sites (tertiary alicyclic amines) is 1. The molecule has 0 aliphatic carbocycles. The quantitative estimate of drug-likeness (QED) is 0.841. The summed E-state index contributed by atoms with van der Waals surface area (Å²) in [5, 5.41) is 3.02. The smallest absolute Gasteiger partial charge is 0.251 e. The summed E-state index contributed by atoms with van der Waals surface area (Å²) in [4.78, 5) is 14.7. The van der Waals surface area contributed by atoms with E-state index in [-0.39, 0.29) is 5.91 Å². The summed E-state index contributed by atoms with van der Waals surface area (Å²) in [6.45, 7) is 7.66. The van der Waals surface area contributed by atoms with Gasteiger partial charge < -0.3 is 10.1 Å². The summed E-state index contributed by atoms with van der Waals surface area (Å²) in [7, 11) is 0. The van der Waals surface area contributed by atoms with Crippen molar-refractivity contribution in [2.45, 2.75) is 45.6 Å². The Morgan fingerprint density at radius 3 is 2.73 bits per heavy atom. The van der Waals surface area contributed by atoms with Crippen molar-refractivity contribution >= 4 is 5.91 Å². The van der Waals surface area contributed by atoms with Gasteiger partial charge in [-0.05, 0) is 57.0 Å². The maximum absolute atomic E-state index is 12.1. The van der Waals surface area contributed by atoms with Crippen molar-refractivity contribution in [2.75, 3.05) is 26.2 Å². The Bertz CT molecular complexity index is 459. The van der Waals surface area contributed by atoms with Crippen molar-refractivity contribution in [2.24, 2.45) is 0 Å². The highest BCUT2D eigenvalue weighted by Crippen LogP contribution is 2.18. The van der Waals surface area contributed by atoms with Crippen LogP contribution < -0.4 is 10.1 Å². The minimum Gasteiger partial charge on any atom is -0.494 e. The molecule has 122 valence electrons. The minimum atomic E-state index is -0.00638. The van der Waals surface area contributed by atoms with Crippen LogP contribution >= 0.6 is 0 Å². The standard InChI is InChI=1S/C18H28N2O2/c1-3-16-7-5-6-13-20(16)14-12-19-18(21)15-8-10-17(11-9-15)22-4-2/h8-11,16H,3-7,12-14H2,1-2H3,(H,19,21). The molecular weight excluding hydrogens is 276 g/mol. The second kappa shape index (κ2) is 8.79. The number of rotatable bonds is 7. The van der Waals surface area contributed by atoms with Crippen LogP contribution in [0.25, 0.3) is 0 Å². The maximum Gasteiger partial charge on any atom is 0.251 e. The molecular formula is C18H28N2O2. The normalized spacial score (nSPS) is 18.9. The van der Waals surface area contributed by atoms with Gasteiger partial charge in [0.15, 0.2) is 0 Å². The molecule has 1 aliphatic heterocycles. The molecule has 2 rings (SSSR count). The van der Waals surface area contributed by atoms with Crippen LogP contribution in [-0.4, -0.2) is 43.1 Å². The number of carbonyl (C=O) groups is 1. The molecule has 1 aromatic rings. The molecule has 1 fully saturated rings. The molecule has 1 heterocycles. The summed E-state index contributed by atoms with van der Waals surface area (Å²) in [5.74, 6) is 0.797. The van der Waals surface area contributed by atoms with E-state index >= 15 is 0 Å². The van der Waals surface area contributed by atoms with E-state index in [1.165, 1.54) is 25.7 Å². The van der Waals surface area contributed by atoms with Crippen molar-refractivity contribution < 1.29 is 9.53 Å². The zero-order valence-electron chi connectivity index (χ0n) is 13.8. The van der Waals surface area contributed by atoms with Crippen LogP contribution in [0.2, 0.25) is 0 Å². The molecule has 0 bridgehead atoms. The van der Waals surface area contributed by atoms with E-state index in [9.17, 15) is 4.79 Å². The van der Waals surface area contributed by atoms with Crippen LogP contribution in [0.4, 0.5) is 0 Å². The van der Waals surface area contributed by atoms with Gasteiger partial charge in [-0.15, -0.1) is 0 Å². The fourth-order valence-corrected chi connectivity index (χ4v) is 3.10. The molecule has 0 spiro atoms. The highest BCUT2D eigenvalue weighted by Gasteiger charge is 2.20. The summed E-state index contributed by atoms with van der Waals surface area (Å²) in [6, 6.07) is 8.01. The Morgan fingerprint density at radius 1 is 1.27 bits per heavy atom. The molecule has 1 aromatic carbocycles. The fourth-order valence-electron chi connectivity index (χ4n) is 3.10. The maximum atomic E-state index is 12.1. The fraction of sp³-hybridized carbons (Fsp3) is 0.611. The first-order chi connectivity index (χ1) is 10.7. The van der Waals surface area contributed by atoms with Gasteiger partial charge in [-0.2, -0.15) is 0 Å². The third-order valence-corrected chi connectivity index (χ3v) is 4.33. The number of nitrogens with zero attached hydrogens (tertiary/aromatic N) is 1. The van der Waals surface area contributed by atoms with Gasteiger partial charge in [0, 0.05) is 24.7 Å².